The predicted molar refractivity (Wildman–Crippen MR) is 102 cm³/mol. The highest BCUT2D eigenvalue weighted by Gasteiger charge is 2.34. The SMILES string of the molecule is CCS(=O)(=O)c1ccc(O)c(NC(=O)C2CC(=O)N(CCCN(C)C)C2)c1. The maximum Gasteiger partial charge on any atom is 0.229 e. The van der Waals surface area contributed by atoms with Crippen molar-refractivity contribution in [3.8, 4) is 5.75 Å². The first-order chi connectivity index (χ1) is 12.6. The normalized spacial score (nSPS) is 17.6. The van der Waals surface area contributed by atoms with Crippen LogP contribution < -0.4 is 5.32 Å². The summed E-state index contributed by atoms with van der Waals surface area (Å²) in [7, 11) is 0.464. The number of carbonyl (C=O) groups excluding carboxylic acids is 2. The van der Waals surface area contributed by atoms with E-state index in [1.165, 1.54) is 25.1 Å². The Morgan fingerprint density at radius 2 is 2.07 bits per heavy atom. The van der Waals surface area contributed by atoms with E-state index in [4.69, 9.17) is 0 Å². The lowest BCUT2D eigenvalue weighted by molar-refractivity contribution is -0.128. The molecule has 1 aromatic carbocycles. The molecular formula is C18H27N3O5S. The number of carbonyl (C=O) groups is 2. The van der Waals surface area contributed by atoms with Crippen molar-refractivity contribution in [1.82, 2.24) is 9.80 Å². The van der Waals surface area contributed by atoms with Crippen LogP contribution in [0.5, 0.6) is 5.75 Å². The molecule has 8 nitrogen and oxygen atoms in total. The lowest BCUT2D eigenvalue weighted by Crippen LogP contribution is -2.30. The summed E-state index contributed by atoms with van der Waals surface area (Å²) in [5.74, 6) is -1.29. The van der Waals surface area contributed by atoms with Gasteiger partial charge in [0.25, 0.3) is 0 Å². The van der Waals surface area contributed by atoms with Crippen molar-refractivity contribution < 1.29 is 23.1 Å². The summed E-state index contributed by atoms with van der Waals surface area (Å²) < 4.78 is 24.0. The van der Waals surface area contributed by atoms with Crippen LogP contribution in [0.3, 0.4) is 0 Å². The van der Waals surface area contributed by atoms with Gasteiger partial charge in [-0.3, -0.25) is 9.59 Å². The van der Waals surface area contributed by atoms with Crippen molar-refractivity contribution in [2.45, 2.75) is 24.7 Å². The number of hydrogen-bond donors (Lipinski definition) is 2. The molecule has 2 rings (SSSR count). The summed E-state index contributed by atoms with van der Waals surface area (Å²) in [6.07, 6.45) is 0.937. The molecule has 0 radical (unpaired) electrons. The Labute approximate surface area is 160 Å². The third kappa shape index (κ3) is 5.43. The molecule has 0 spiro atoms. The lowest BCUT2D eigenvalue weighted by atomic mass is 10.1. The topological polar surface area (TPSA) is 107 Å². The van der Waals surface area contributed by atoms with Gasteiger partial charge in [0.1, 0.15) is 5.75 Å². The summed E-state index contributed by atoms with van der Waals surface area (Å²) in [5, 5.41) is 12.5. The van der Waals surface area contributed by atoms with Crippen LogP contribution in [-0.2, 0) is 19.4 Å². The zero-order valence-electron chi connectivity index (χ0n) is 15.9. The molecule has 2 N–H and O–H groups in total. The van der Waals surface area contributed by atoms with Crippen LogP contribution >= 0.6 is 0 Å². The smallest absolute Gasteiger partial charge is 0.229 e. The molecule has 1 aromatic rings. The van der Waals surface area contributed by atoms with E-state index in [1.54, 1.807) is 4.90 Å². The summed E-state index contributed by atoms with van der Waals surface area (Å²) >= 11 is 0. The maximum atomic E-state index is 12.5. The fourth-order valence-electron chi connectivity index (χ4n) is 2.95. The van der Waals surface area contributed by atoms with E-state index in [9.17, 15) is 23.1 Å². The van der Waals surface area contributed by atoms with Gasteiger partial charge < -0.3 is 20.2 Å². The predicted octanol–water partition coefficient (Wildman–Crippen LogP) is 0.925. The standard InChI is InChI=1S/C18H27N3O5S/c1-4-27(25,26)14-6-7-16(22)15(11-14)19-18(24)13-10-17(23)21(12-13)9-5-8-20(2)3/h6-7,11,13,22H,4-5,8-10,12H2,1-3H3,(H,19,24). The first-order valence-corrected chi connectivity index (χ1v) is 10.6. The number of benzene rings is 1. The molecule has 9 heteroatoms. The molecule has 1 unspecified atom stereocenters. The van der Waals surface area contributed by atoms with E-state index >= 15 is 0 Å². The van der Waals surface area contributed by atoms with Crippen molar-refractivity contribution >= 4 is 27.3 Å². The van der Waals surface area contributed by atoms with Gasteiger partial charge in [-0.15, -0.1) is 0 Å². The van der Waals surface area contributed by atoms with Gasteiger partial charge in [0.05, 0.1) is 22.3 Å². The number of anilines is 1. The average molecular weight is 397 g/mol. The minimum absolute atomic E-state index is 0.0333. The Morgan fingerprint density at radius 3 is 2.70 bits per heavy atom. The second kappa shape index (κ2) is 8.71. The summed E-state index contributed by atoms with van der Waals surface area (Å²) in [4.78, 5) is 28.4. The van der Waals surface area contributed by atoms with Crippen LogP contribution in [0.1, 0.15) is 19.8 Å². The molecule has 150 valence electrons. The van der Waals surface area contributed by atoms with E-state index in [-0.39, 0.29) is 34.4 Å². The Bertz CT molecular complexity index is 807. The van der Waals surface area contributed by atoms with Crippen LogP contribution in [0.2, 0.25) is 0 Å². The zero-order valence-corrected chi connectivity index (χ0v) is 16.8. The molecule has 2 amide bonds. The van der Waals surface area contributed by atoms with Crippen molar-refractivity contribution in [3.63, 3.8) is 0 Å². The Balaban J connectivity index is 2.03. The Morgan fingerprint density at radius 1 is 1.37 bits per heavy atom. The number of amides is 2. The monoisotopic (exact) mass is 397 g/mol. The zero-order chi connectivity index (χ0) is 20.2. The van der Waals surface area contributed by atoms with Crippen LogP contribution in [0, 0.1) is 5.92 Å². The molecule has 1 aliphatic rings. The number of phenols is 1. The number of aromatic hydroxyl groups is 1. The average Bonchev–Trinajstić information content (AvgIpc) is 2.97. The van der Waals surface area contributed by atoms with Gasteiger partial charge >= 0.3 is 0 Å². The number of phenolic OH excluding ortho intramolecular Hbond substituents is 1. The van der Waals surface area contributed by atoms with Crippen molar-refractivity contribution in [1.29, 1.82) is 0 Å². The highest BCUT2D eigenvalue weighted by Crippen LogP contribution is 2.28. The first kappa shape index (κ1) is 21.2. The summed E-state index contributed by atoms with van der Waals surface area (Å²) in [6, 6.07) is 3.79. The van der Waals surface area contributed by atoms with E-state index in [1.807, 2.05) is 19.0 Å². The van der Waals surface area contributed by atoms with E-state index in [0.29, 0.717) is 13.1 Å². The number of rotatable bonds is 8. The second-order valence-corrected chi connectivity index (χ2v) is 9.25. The third-order valence-corrected chi connectivity index (χ3v) is 6.32. The Hall–Kier alpha value is -2.13. The molecule has 1 aliphatic heterocycles. The Kier molecular flexibility index (Phi) is 6.83. The van der Waals surface area contributed by atoms with Crippen LogP contribution in [0.4, 0.5) is 5.69 Å². The number of nitrogens with zero attached hydrogens (tertiary/aromatic N) is 2. The molecule has 1 heterocycles. The van der Waals surface area contributed by atoms with Gasteiger partial charge in [-0.1, -0.05) is 6.92 Å². The fourth-order valence-corrected chi connectivity index (χ4v) is 3.86. The first-order valence-electron chi connectivity index (χ1n) is 8.93. The van der Waals surface area contributed by atoms with E-state index < -0.39 is 21.7 Å². The molecule has 27 heavy (non-hydrogen) atoms. The fraction of sp³-hybridized carbons (Fsp3) is 0.556. The quantitative estimate of drug-likeness (QED) is 0.632. The van der Waals surface area contributed by atoms with E-state index in [2.05, 4.69) is 5.32 Å². The highest BCUT2D eigenvalue weighted by atomic mass is 32.2. The third-order valence-electron chi connectivity index (χ3n) is 4.58. The number of likely N-dealkylation sites (tertiary alicyclic amines) is 1. The maximum absolute atomic E-state index is 12.5. The molecule has 1 fully saturated rings. The molecule has 0 saturated carbocycles. The van der Waals surface area contributed by atoms with Gasteiger partial charge in [0, 0.05) is 19.5 Å². The minimum Gasteiger partial charge on any atom is -0.506 e. The number of nitrogens with one attached hydrogen (secondary N) is 1. The second-order valence-electron chi connectivity index (χ2n) is 6.97. The van der Waals surface area contributed by atoms with Gasteiger partial charge in [-0.25, -0.2) is 8.42 Å². The molecule has 0 aromatic heterocycles. The largest absolute Gasteiger partial charge is 0.506 e. The minimum atomic E-state index is -3.46. The van der Waals surface area contributed by atoms with Gasteiger partial charge in [-0.2, -0.15) is 0 Å². The lowest BCUT2D eigenvalue weighted by Gasteiger charge is -2.18. The van der Waals surface area contributed by atoms with Crippen LogP contribution in [-0.4, -0.2) is 74.6 Å². The van der Waals surface area contributed by atoms with E-state index in [0.717, 1.165) is 13.0 Å². The number of sulfone groups is 1. The molecular weight excluding hydrogens is 370 g/mol. The molecule has 1 saturated heterocycles. The molecule has 1 atom stereocenters. The summed E-state index contributed by atoms with van der Waals surface area (Å²) in [5.41, 5.74) is 0.0352. The van der Waals surface area contributed by atoms with Crippen LogP contribution in [0.25, 0.3) is 0 Å². The molecule has 0 aliphatic carbocycles. The van der Waals surface area contributed by atoms with Gasteiger partial charge in [0.2, 0.25) is 11.8 Å². The van der Waals surface area contributed by atoms with Crippen molar-refractivity contribution in [2.75, 3.05) is 44.8 Å². The van der Waals surface area contributed by atoms with Gasteiger partial charge in [-0.05, 0) is 45.3 Å². The van der Waals surface area contributed by atoms with Crippen molar-refractivity contribution in [3.05, 3.63) is 18.2 Å². The number of hydrogen-bond acceptors (Lipinski definition) is 6. The van der Waals surface area contributed by atoms with Crippen molar-refractivity contribution in [2.24, 2.45) is 5.92 Å². The highest BCUT2D eigenvalue weighted by molar-refractivity contribution is 7.91. The van der Waals surface area contributed by atoms with Crippen LogP contribution in [0.15, 0.2) is 23.1 Å². The molecule has 0 bridgehead atoms. The summed E-state index contributed by atoms with van der Waals surface area (Å²) in [6.45, 7) is 3.30. The van der Waals surface area contributed by atoms with Gasteiger partial charge in [0.15, 0.2) is 9.84 Å².